The quantitative estimate of drug-likeness (QED) is 0.866. The molecule has 4 nitrogen and oxygen atoms in total. The van der Waals surface area contributed by atoms with Gasteiger partial charge in [0.15, 0.2) is 0 Å². The van der Waals surface area contributed by atoms with Crippen LogP contribution >= 0.6 is 11.3 Å². The number of hydrogen-bond donors (Lipinski definition) is 1. The van der Waals surface area contributed by atoms with Crippen LogP contribution in [0.4, 0.5) is 0 Å². The molecule has 0 unspecified atom stereocenters. The highest BCUT2D eigenvalue weighted by Gasteiger charge is 2.29. The molecule has 0 spiro atoms. The molecule has 5 heteroatoms. The van der Waals surface area contributed by atoms with Crippen LogP contribution in [0.15, 0.2) is 21.3 Å². The zero-order valence-corrected chi connectivity index (χ0v) is 9.83. The third-order valence-corrected chi connectivity index (χ3v) is 3.74. The average Bonchev–Trinajstić information content (AvgIpc) is 2.96. The summed E-state index contributed by atoms with van der Waals surface area (Å²) >= 11 is 1.64. The predicted octanol–water partition coefficient (Wildman–Crippen LogP) is 2.12. The van der Waals surface area contributed by atoms with Crippen molar-refractivity contribution in [3.05, 3.63) is 22.7 Å². The van der Waals surface area contributed by atoms with Gasteiger partial charge in [0, 0.05) is 17.5 Å². The summed E-state index contributed by atoms with van der Waals surface area (Å²) in [7, 11) is 0. The van der Waals surface area contributed by atoms with Crippen molar-refractivity contribution in [2.45, 2.75) is 12.8 Å². The molecule has 1 aliphatic heterocycles. The summed E-state index contributed by atoms with van der Waals surface area (Å²) < 4.78 is 5.35. The molecule has 0 saturated carbocycles. The van der Waals surface area contributed by atoms with Gasteiger partial charge < -0.3 is 9.84 Å². The minimum absolute atomic E-state index is 0.361. The minimum Gasteiger partial charge on any atom is -0.339 e. The van der Waals surface area contributed by atoms with Gasteiger partial charge in [0.05, 0.1) is 5.92 Å². The standard InChI is InChI=1S/C11H13N3OS/c1-7-4-12-5-9(7)11-13-10(14-15-11)8-2-3-16-6-8/h2-3,6-7,9,12H,4-5H2,1H3/t7-,9-/m1/s1. The van der Waals surface area contributed by atoms with Crippen LogP contribution in [0.25, 0.3) is 11.4 Å². The van der Waals surface area contributed by atoms with Crippen molar-refractivity contribution in [3.63, 3.8) is 0 Å². The number of rotatable bonds is 2. The Morgan fingerprint density at radius 2 is 2.44 bits per heavy atom. The summed E-state index contributed by atoms with van der Waals surface area (Å²) in [5, 5.41) is 11.4. The molecule has 0 aliphatic carbocycles. The first-order valence-corrected chi connectivity index (χ1v) is 6.36. The molecule has 84 valence electrons. The van der Waals surface area contributed by atoms with Gasteiger partial charge in [-0.3, -0.25) is 0 Å². The molecule has 1 N–H and O–H groups in total. The average molecular weight is 235 g/mol. The number of aromatic nitrogens is 2. The molecule has 1 aliphatic rings. The van der Waals surface area contributed by atoms with Gasteiger partial charge in [-0.05, 0) is 23.9 Å². The Hall–Kier alpha value is -1.20. The second-order valence-corrected chi connectivity index (χ2v) is 4.99. The van der Waals surface area contributed by atoms with E-state index in [4.69, 9.17) is 4.52 Å². The van der Waals surface area contributed by atoms with Crippen molar-refractivity contribution in [2.24, 2.45) is 5.92 Å². The van der Waals surface area contributed by atoms with Crippen molar-refractivity contribution in [1.29, 1.82) is 0 Å². The van der Waals surface area contributed by atoms with E-state index in [0.29, 0.717) is 17.7 Å². The zero-order chi connectivity index (χ0) is 11.0. The Kier molecular flexibility index (Phi) is 2.49. The summed E-state index contributed by atoms with van der Waals surface area (Å²) in [6.07, 6.45) is 0. The van der Waals surface area contributed by atoms with E-state index in [-0.39, 0.29) is 0 Å². The summed E-state index contributed by atoms with van der Waals surface area (Å²) in [6.45, 7) is 4.17. The molecule has 1 fully saturated rings. The molecule has 2 aromatic heterocycles. The molecular formula is C11H13N3OS. The maximum atomic E-state index is 5.35. The molecule has 2 aromatic rings. The Labute approximate surface area is 97.7 Å². The maximum absolute atomic E-state index is 5.35. The molecule has 0 radical (unpaired) electrons. The molecule has 0 amide bonds. The van der Waals surface area contributed by atoms with E-state index in [0.717, 1.165) is 24.5 Å². The lowest BCUT2D eigenvalue weighted by Gasteiger charge is -2.07. The summed E-state index contributed by atoms with van der Waals surface area (Å²) in [4.78, 5) is 4.47. The second-order valence-electron chi connectivity index (χ2n) is 4.21. The molecule has 2 atom stereocenters. The summed E-state index contributed by atoms with van der Waals surface area (Å²) in [5.41, 5.74) is 1.04. The Bertz CT molecular complexity index is 465. The zero-order valence-electron chi connectivity index (χ0n) is 9.01. The third kappa shape index (κ3) is 1.66. The van der Waals surface area contributed by atoms with E-state index in [1.54, 1.807) is 11.3 Å². The van der Waals surface area contributed by atoms with Gasteiger partial charge in [-0.2, -0.15) is 16.3 Å². The maximum Gasteiger partial charge on any atom is 0.231 e. The first-order valence-electron chi connectivity index (χ1n) is 5.41. The van der Waals surface area contributed by atoms with Gasteiger partial charge in [0.25, 0.3) is 0 Å². The van der Waals surface area contributed by atoms with E-state index in [1.165, 1.54) is 0 Å². The summed E-state index contributed by atoms with van der Waals surface area (Å²) in [5.74, 6) is 2.39. The van der Waals surface area contributed by atoms with Gasteiger partial charge in [-0.1, -0.05) is 12.1 Å². The number of thiophene rings is 1. The normalized spacial score (nSPS) is 25.1. The SMILES string of the molecule is C[C@@H]1CNC[C@H]1c1nc(-c2ccsc2)no1. The Morgan fingerprint density at radius 1 is 1.50 bits per heavy atom. The summed E-state index contributed by atoms with van der Waals surface area (Å²) in [6, 6.07) is 2.01. The van der Waals surface area contributed by atoms with Crippen LogP contribution < -0.4 is 5.32 Å². The van der Waals surface area contributed by atoms with Crippen LogP contribution in [-0.2, 0) is 0 Å². The smallest absolute Gasteiger partial charge is 0.231 e. The lowest BCUT2D eigenvalue weighted by Crippen LogP contribution is -2.08. The van der Waals surface area contributed by atoms with Crippen LogP contribution in [0.3, 0.4) is 0 Å². The van der Waals surface area contributed by atoms with E-state index in [9.17, 15) is 0 Å². The van der Waals surface area contributed by atoms with E-state index >= 15 is 0 Å². The Balaban J connectivity index is 1.88. The van der Waals surface area contributed by atoms with Crippen LogP contribution in [0, 0.1) is 5.92 Å². The van der Waals surface area contributed by atoms with Crippen LogP contribution in [0.2, 0.25) is 0 Å². The van der Waals surface area contributed by atoms with E-state index in [1.807, 2.05) is 16.8 Å². The fourth-order valence-corrected chi connectivity index (χ4v) is 2.67. The van der Waals surface area contributed by atoms with E-state index < -0.39 is 0 Å². The predicted molar refractivity (Wildman–Crippen MR) is 62.4 cm³/mol. The minimum atomic E-state index is 0.361. The van der Waals surface area contributed by atoms with E-state index in [2.05, 4.69) is 22.4 Å². The van der Waals surface area contributed by atoms with Crippen LogP contribution in [0.5, 0.6) is 0 Å². The van der Waals surface area contributed by atoms with Gasteiger partial charge in [-0.15, -0.1) is 0 Å². The number of hydrogen-bond acceptors (Lipinski definition) is 5. The van der Waals surface area contributed by atoms with Crippen molar-refractivity contribution >= 4 is 11.3 Å². The van der Waals surface area contributed by atoms with Gasteiger partial charge >= 0.3 is 0 Å². The van der Waals surface area contributed by atoms with Crippen molar-refractivity contribution in [2.75, 3.05) is 13.1 Å². The van der Waals surface area contributed by atoms with Gasteiger partial charge in [0.2, 0.25) is 11.7 Å². The lowest BCUT2D eigenvalue weighted by molar-refractivity contribution is 0.340. The first kappa shape index (κ1) is 9.99. The van der Waals surface area contributed by atoms with Crippen molar-refractivity contribution in [3.8, 4) is 11.4 Å². The lowest BCUT2D eigenvalue weighted by atomic mass is 9.98. The fourth-order valence-electron chi connectivity index (χ4n) is 2.04. The highest BCUT2D eigenvalue weighted by Crippen LogP contribution is 2.28. The highest BCUT2D eigenvalue weighted by atomic mass is 32.1. The largest absolute Gasteiger partial charge is 0.339 e. The van der Waals surface area contributed by atoms with Crippen molar-refractivity contribution < 1.29 is 4.52 Å². The number of nitrogens with one attached hydrogen (secondary N) is 1. The van der Waals surface area contributed by atoms with Gasteiger partial charge in [0.1, 0.15) is 0 Å². The second kappa shape index (κ2) is 3.99. The molecule has 16 heavy (non-hydrogen) atoms. The van der Waals surface area contributed by atoms with Crippen LogP contribution in [0.1, 0.15) is 18.7 Å². The molecule has 3 heterocycles. The number of nitrogens with zero attached hydrogens (tertiary/aromatic N) is 2. The molecule has 1 saturated heterocycles. The first-order chi connectivity index (χ1) is 7.84. The molecule has 0 bridgehead atoms. The molecular weight excluding hydrogens is 222 g/mol. The monoisotopic (exact) mass is 235 g/mol. The van der Waals surface area contributed by atoms with Crippen LogP contribution in [-0.4, -0.2) is 23.2 Å². The topological polar surface area (TPSA) is 51.0 Å². The fraction of sp³-hybridized carbons (Fsp3) is 0.455. The Morgan fingerprint density at radius 3 is 3.12 bits per heavy atom. The molecule has 3 rings (SSSR count). The highest BCUT2D eigenvalue weighted by molar-refractivity contribution is 7.08. The third-order valence-electron chi connectivity index (χ3n) is 3.06. The molecule has 0 aromatic carbocycles. The van der Waals surface area contributed by atoms with Crippen molar-refractivity contribution in [1.82, 2.24) is 15.5 Å². The van der Waals surface area contributed by atoms with Gasteiger partial charge in [-0.25, -0.2) is 0 Å².